The average molecular weight is 234 g/mol. The van der Waals surface area contributed by atoms with E-state index in [4.69, 9.17) is 0 Å². The molecule has 16 heavy (non-hydrogen) atoms. The molecule has 0 aliphatic heterocycles. The summed E-state index contributed by atoms with van der Waals surface area (Å²) in [5.74, 6) is 0.808. The molecule has 0 amide bonds. The molecule has 2 rings (SSSR count). The third-order valence-electron chi connectivity index (χ3n) is 2.20. The molecule has 2 heterocycles. The van der Waals surface area contributed by atoms with Gasteiger partial charge >= 0.3 is 0 Å². The maximum atomic E-state index is 4.34. The van der Waals surface area contributed by atoms with Crippen LogP contribution in [0.3, 0.4) is 0 Å². The maximum Gasteiger partial charge on any atom is 0.141 e. The van der Waals surface area contributed by atoms with E-state index in [0.29, 0.717) is 6.54 Å². The van der Waals surface area contributed by atoms with Crippen molar-refractivity contribution in [1.82, 2.24) is 20.3 Å². The molecule has 0 aliphatic carbocycles. The maximum absolute atomic E-state index is 4.34. The summed E-state index contributed by atoms with van der Waals surface area (Å²) in [7, 11) is 0. The molecular formula is C11H14N4S. The minimum Gasteiger partial charge on any atom is -0.301 e. The van der Waals surface area contributed by atoms with Crippen molar-refractivity contribution in [1.29, 1.82) is 0 Å². The van der Waals surface area contributed by atoms with Crippen LogP contribution in [0.25, 0.3) is 0 Å². The van der Waals surface area contributed by atoms with Crippen molar-refractivity contribution in [2.75, 3.05) is 0 Å². The second-order valence-electron chi connectivity index (χ2n) is 3.58. The Morgan fingerprint density at radius 1 is 1.31 bits per heavy atom. The Morgan fingerprint density at radius 3 is 2.69 bits per heavy atom. The van der Waals surface area contributed by atoms with Crippen molar-refractivity contribution in [2.24, 2.45) is 0 Å². The molecule has 1 N–H and O–H groups in total. The minimum absolute atomic E-state index is 0.238. The first kappa shape index (κ1) is 11.2. The zero-order valence-corrected chi connectivity index (χ0v) is 10.2. The predicted molar refractivity (Wildman–Crippen MR) is 64.1 cm³/mol. The van der Waals surface area contributed by atoms with Crippen LogP contribution in [-0.2, 0) is 6.54 Å². The molecule has 0 aliphatic rings. The van der Waals surface area contributed by atoms with Crippen LogP contribution in [0.4, 0.5) is 0 Å². The molecule has 1 unspecified atom stereocenters. The van der Waals surface area contributed by atoms with Crippen molar-refractivity contribution < 1.29 is 0 Å². The Bertz CT molecular complexity index is 440. The fourth-order valence-electron chi connectivity index (χ4n) is 1.33. The second-order valence-corrected chi connectivity index (χ2v) is 4.84. The van der Waals surface area contributed by atoms with Crippen LogP contribution in [0.5, 0.6) is 0 Å². The molecule has 0 radical (unpaired) electrons. The van der Waals surface area contributed by atoms with E-state index < -0.39 is 0 Å². The van der Waals surface area contributed by atoms with Crippen molar-refractivity contribution in [3.05, 3.63) is 40.4 Å². The summed E-state index contributed by atoms with van der Waals surface area (Å²) < 4.78 is 0. The van der Waals surface area contributed by atoms with Gasteiger partial charge in [0.1, 0.15) is 10.8 Å². The first-order valence-corrected chi connectivity index (χ1v) is 5.99. The van der Waals surface area contributed by atoms with Crippen molar-refractivity contribution >= 4 is 11.3 Å². The predicted octanol–water partition coefficient (Wildman–Crippen LogP) is 2.09. The Balaban J connectivity index is 1.91. The summed E-state index contributed by atoms with van der Waals surface area (Å²) in [5.41, 5.74) is 0. The number of rotatable bonds is 4. The van der Waals surface area contributed by atoms with Crippen LogP contribution >= 0.6 is 11.3 Å². The molecular weight excluding hydrogens is 220 g/mol. The van der Waals surface area contributed by atoms with Crippen molar-refractivity contribution in [2.45, 2.75) is 26.4 Å². The van der Waals surface area contributed by atoms with Crippen LogP contribution < -0.4 is 5.32 Å². The minimum atomic E-state index is 0.238. The van der Waals surface area contributed by atoms with E-state index in [9.17, 15) is 0 Å². The molecule has 4 nitrogen and oxygen atoms in total. The highest BCUT2D eigenvalue weighted by Gasteiger charge is 2.08. The lowest BCUT2D eigenvalue weighted by Crippen LogP contribution is -2.19. The van der Waals surface area contributed by atoms with Gasteiger partial charge in [0.15, 0.2) is 0 Å². The van der Waals surface area contributed by atoms with Gasteiger partial charge in [0.05, 0.1) is 12.6 Å². The quantitative estimate of drug-likeness (QED) is 0.880. The zero-order valence-electron chi connectivity index (χ0n) is 9.34. The highest BCUT2D eigenvalue weighted by Crippen LogP contribution is 2.18. The van der Waals surface area contributed by atoms with Gasteiger partial charge in [-0.3, -0.25) is 0 Å². The Hall–Kier alpha value is -1.33. The molecule has 2 aromatic rings. The van der Waals surface area contributed by atoms with Gasteiger partial charge in [-0.2, -0.15) is 0 Å². The van der Waals surface area contributed by atoms with Gasteiger partial charge in [-0.25, -0.2) is 15.0 Å². The smallest absolute Gasteiger partial charge is 0.141 e. The fraction of sp³-hybridized carbons (Fsp3) is 0.364. The number of hydrogen-bond acceptors (Lipinski definition) is 5. The summed E-state index contributed by atoms with van der Waals surface area (Å²) in [6, 6.07) is 2.06. The number of thiazole rings is 1. The molecule has 1 atom stereocenters. The Labute approximate surface area is 98.8 Å². The van der Waals surface area contributed by atoms with E-state index in [1.807, 2.05) is 12.3 Å². The van der Waals surface area contributed by atoms with Crippen LogP contribution in [0.1, 0.15) is 28.7 Å². The molecule has 0 spiro atoms. The summed E-state index contributed by atoms with van der Waals surface area (Å²) in [5, 5.41) is 4.46. The SMILES string of the molecule is Cc1cnc(C(C)NCc2ncccn2)s1. The second kappa shape index (κ2) is 5.14. The third-order valence-corrected chi connectivity index (χ3v) is 3.29. The molecule has 5 heteroatoms. The molecule has 0 bridgehead atoms. The van der Waals surface area contributed by atoms with Crippen molar-refractivity contribution in [3.8, 4) is 0 Å². The lowest BCUT2D eigenvalue weighted by atomic mass is 10.3. The number of nitrogens with one attached hydrogen (secondary N) is 1. The third kappa shape index (κ3) is 2.84. The van der Waals surface area contributed by atoms with E-state index in [2.05, 4.69) is 34.1 Å². The summed E-state index contributed by atoms with van der Waals surface area (Å²) in [6.45, 7) is 4.83. The van der Waals surface area contributed by atoms with E-state index in [1.54, 1.807) is 23.7 Å². The van der Waals surface area contributed by atoms with Crippen LogP contribution in [0, 0.1) is 6.92 Å². The lowest BCUT2D eigenvalue weighted by molar-refractivity contribution is 0.556. The molecule has 0 saturated heterocycles. The van der Waals surface area contributed by atoms with E-state index in [-0.39, 0.29) is 6.04 Å². The van der Waals surface area contributed by atoms with Crippen molar-refractivity contribution in [3.63, 3.8) is 0 Å². The van der Waals surface area contributed by atoms with Crippen LogP contribution in [0.2, 0.25) is 0 Å². The molecule has 0 aromatic carbocycles. The van der Waals surface area contributed by atoms with Gasteiger partial charge in [0.2, 0.25) is 0 Å². The highest BCUT2D eigenvalue weighted by molar-refractivity contribution is 7.11. The molecule has 0 fully saturated rings. The van der Waals surface area contributed by atoms with Gasteiger partial charge in [-0.1, -0.05) is 0 Å². The van der Waals surface area contributed by atoms with Gasteiger partial charge in [-0.15, -0.1) is 11.3 Å². The summed E-state index contributed by atoms with van der Waals surface area (Å²) >= 11 is 1.72. The standard InChI is InChI=1S/C11H14N4S/c1-8-6-15-11(16-8)9(2)14-7-10-12-4-3-5-13-10/h3-6,9,14H,7H2,1-2H3. The first-order valence-electron chi connectivity index (χ1n) is 5.17. The topological polar surface area (TPSA) is 50.7 Å². The van der Waals surface area contributed by atoms with E-state index >= 15 is 0 Å². The first-order chi connectivity index (χ1) is 7.75. The highest BCUT2D eigenvalue weighted by atomic mass is 32.1. The fourth-order valence-corrected chi connectivity index (χ4v) is 2.13. The van der Waals surface area contributed by atoms with Crippen LogP contribution in [-0.4, -0.2) is 15.0 Å². The number of nitrogens with zero attached hydrogens (tertiary/aromatic N) is 3. The summed E-state index contributed by atoms with van der Waals surface area (Å²) in [4.78, 5) is 13.9. The molecule has 84 valence electrons. The van der Waals surface area contributed by atoms with E-state index in [0.717, 1.165) is 10.8 Å². The van der Waals surface area contributed by atoms with Gasteiger partial charge in [0, 0.05) is 23.5 Å². The van der Waals surface area contributed by atoms with Gasteiger partial charge in [0.25, 0.3) is 0 Å². The van der Waals surface area contributed by atoms with Gasteiger partial charge < -0.3 is 5.32 Å². The number of aryl methyl sites for hydroxylation is 1. The van der Waals surface area contributed by atoms with E-state index in [1.165, 1.54) is 4.88 Å². The average Bonchev–Trinajstić information content (AvgIpc) is 2.74. The molecule has 2 aromatic heterocycles. The van der Waals surface area contributed by atoms with Gasteiger partial charge in [-0.05, 0) is 19.9 Å². The largest absolute Gasteiger partial charge is 0.301 e. The number of aromatic nitrogens is 3. The summed E-state index contributed by atoms with van der Waals surface area (Å²) in [6.07, 6.45) is 5.40. The normalized spacial score (nSPS) is 12.6. The molecule has 0 saturated carbocycles. The zero-order chi connectivity index (χ0) is 11.4. The van der Waals surface area contributed by atoms with Crippen LogP contribution in [0.15, 0.2) is 24.7 Å². The lowest BCUT2D eigenvalue weighted by Gasteiger charge is -2.09. The number of hydrogen-bond donors (Lipinski definition) is 1. The monoisotopic (exact) mass is 234 g/mol. The Kier molecular flexibility index (Phi) is 3.58. The Morgan fingerprint density at radius 2 is 2.06 bits per heavy atom.